The Hall–Kier alpha value is -1.66. The maximum atomic E-state index is 3.52. The van der Waals surface area contributed by atoms with Crippen LogP contribution in [-0.2, 0) is 26.2 Å². The van der Waals surface area contributed by atoms with Crippen LogP contribution >= 0.6 is 0 Å². The maximum absolute atomic E-state index is 3.52. The molecule has 5 rings (SSSR count). The first-order chi connectivity index (χ1) is 12.9. The zero-order valence-corrected chi connectivity index (χ0v) is 19.8. The predicted octanol–water partition coefficient (Wildman–Crippen LogP) is 0.627. The fourth-order valence-electron chi connectivity index (χ4n) is 3.38. The quantitative estimate of drug-likeness (QED) is 0.459. The summed E-state index contributed by atoms with van der Waals surface area (Å²) in [6.07, 6.45) is 15.7. The average molecular weight is 495 g/mol. The van der Waals surface area contributed by atoms with Gasteiger partial charge in [0.15, 0.2) is 0 Å². The van der Waals surface area contributed by atoms with Crippen LogP contribution in [0.15, 0.2) is 97.1 Å². The molecular formula is C26H20Cl2Zr. The van der Waals surface area contributed by atoms with Gasteiger partial charge >= 0.3 is 26.2 Å². The van der Waals surface area contributed by atoms with Gasteiger partial charge in [-0.15, -0.1) is 12.0 Å². The zero-order valence-electron chi connectivity index (χ0n) is 15.9. The molecule has 3 heteroatoms. The summed E-state index contributed by atoms with van der Waals surface area (Å²) in [7, 11) is 0. The smallest absolute Gasteiger partial charge is 1.00 e. The SMILES string of the molecule is [C-]1=CC=CC1.[C-]1=Cc2c(-c3ccccc3)cccc2C1c1ccccc1.[Cl-].[Cl-].[Zr+4]. The molecule has 0 amide bonds. The molecule has 0 nitrogen and oxygen atoms in total. The van der Waals surface area contributed by atoms with Crippen molar-refractivity contribution in [3.8, 4) is 11.1 Å². The third kappa shape index (κ3) is 6.16. The molecule has 29 heavy (non-hydrogen) atoms. The van der Waals surface area contributed by atoms with Crippen LogP contribution in [0, 0.1) is 12.2 Å². The number of halogens is 2. The third-order valence-electron chi connectivity index (χ3n) is 4.65. The Morgan fingerprint density at radius 1 is 0.759 bits per heavy atom. The number of hydrogen-bond acceptors (Lipinski definition) is 0. The van der Waals surface area contributed by atoms with Crippen molar-refractivity contribution in [2.75, 3.05) is 0 Å². The van der Waals surface area contributed by atoms with Gasteiger partial charge in [0.25, 0.3) is 0 Å². The molecule has 2 aliphatic rings. The first kappa shape index (κ1) is 25.4. The number of benzene rings is 3. The molecule has 1 unspecified atom stereocenters. The van der Waals surface area contributed by atoms with E-state index in [9.17, 15) is 0 Å². The summed E-state index contributed by atoms with van der Waals surface area (Å²) in [4.78, 5) is 0. The molecule has 0 N–H and O–H groups in total. The fraction of sp³-hybridized carbons (Fsp3) is 0.0769. The van der Waals surface area contributed by atoms with Crippen LogP contribution in [0.2, 0.25) is 0 Å². The van der Waals surface area contributed by atoms with Gasteiger partial charge in [-0.2, -0.15) is 11.6 Å². The molecule has 3 aromatic carbocycles. The number of fused-ring (bicyclic) bond motifs is 1. The van der Waals surface area contributed by atoms with Crippen LogP contribution in [0.4, 0.5) is 0 Å². The molecule has 0 spiro atoms. The molecular weight excluding hydrogens is 474 g/mol. The van der Waals surface area contributed by atoms with E-state index >= 15 is 0 Å². The van der Waals surface area contributed by atoms with Gasteiger partial charge in [-0.25, -0.2) is 18.2 Å². The van der Waals surface area contributed by atoms with Gasteiger partial charge < -0.3 is 24.8 Å². The largest absolute Gasteiger partial charge is 4.00 e. The molecule has 2 aliphatic carbocycles. The summed E-state index contributed by atoms with van der Waals surface area (Å²) < 4.78 is 0. The van der Waals surface area contributed by atoms with E-state index in [1.54, 1.807) is 0 Å². The summed E-state index contributed by atoms with van der Waals surface area (Å²) in [6.45, 7) is 0. The van der Waals surface area contributed by atoms with Gasteiger partial charge in [-0.1, -0.05) is 95.9 Å². The van der Waals surface area contributed by atoms with E-state index in [1.165, 1.54) is 27.8 Å². The normalized spacial score (nSPS) is 14.6. The monoisotopic (exact) mass is 492 g/mol. The Balaban J connectivity index is 0.000000465. The van der Waals surface area contributed by atoms with Crippen molar-refractivity contribution in [1.29, 1.82) is 0 Å². The molecule has 0 radical (unpaired) electrons. The minimum absolute atomic E-state index is 0. The van der Waals surface area contributed by atoms with Crippen LogP contribution in [0.5, 0.6) is 0 Å². The van der Waals surface area contributed by atoms with Crippen LogP contribution in [0.3, 0.4) is 0 Å². The number of hydrogen-bond donors (Lipinski definition) is 0. The Morgan fingerprint density at radius 2 is 1.45 bits per heavy atom. The predicted molar refractivity (Wildman–Crippen MR) is 109 cm³/mol. The number of allylic oxidation sites excluding steroid dienone is 5. The van der Waals surface area contributed by atoms with E-state index in [0.29, 0.717) is 0 Å². The van der Waals surface area contributed by atoms with E-state index in [1.807, 2.05) is 12.2 Å². The van der Waals surface area contributed by atoms with E-state index in [0.717, 1.165) is 6.42 Å². The van der Waals surface area contributed by atoms with Crippen molar-refractivity contribution in [2.45, 2.75) is 12.3 Å². The summed E-state index contributed by atoms with van der Waals surface area (Å²) >= 11 is 0. The van der Waals surface area contributed by atoms with Crippen molar-refractivity contribution in [3.63, 3.8) is 0 Å². The van der Waals surface area contributed by atoms with E-state index in [-0.39, 0.29) is 56.9 Å². The Bertz CT molecular complexity index is 951. The second-order valence-electron chi connectivity index (χ2n) is 6.33. The topological polar surface area (TPSA) is 0 Å². The van der Waals surface area contributed by atoms with Gasteiger partial charge in [0.05, 0.1) is 0 Å². The summed E-state index contributed by atoms with van der Waals surface area (Å²) in [6, 6.07) is 27.7. The summed E-state index contributed by atoms with van der Waals surface area (Å²) in [5.41, 5.74) is 6.51. The molecule has 0 saturated heterocycles. The van der Waals surface area contributed by atoms with Crippen molar-refractivity contribution < 1.29 is 51.0 Å². The van der Waals surface area contributed by atoms with Gasteiger partial charge in [0.2, 0.25) is 0 Å². The molecule has 1 atom stereocenters. The van der Waals surface area contributed by atoms with Crippen molar-refractivity contribution in [3.05, 3.63) is 126 Å². The average Bonchev–Trinajstić information content (AvgIpc) is 3.42. The molecule has 0 heterocycles. The van der Waals surface area contributed by atoms with E-state index in [4.69, 9.17) is 0 Å². The molecule has 0 aliphatic heterocycles. The van der Waals surface area contributed by atoms with Crippen molar-refractivity contribution in [2.24, 2.45) is 0 Å². The van der Waals surface area contributed by atoms with Gasteiger partial charge in [0, 0.05) is 0 Å². The molecule has 142 valence electrons. The van der Waals surface area contributed by atoms with Gasteiger partial charge in [-0.3, -0.25) is 12.2 Å². The van der Waals surface area contributed by atoms with Crippen LogP contribution < -0.4 is 24.8 Å². The van der Waals surface area contributed by atoms with E-state index < -0.39 is 0 Å². The molecule has 0 aromatic heterocycles. The molecule has 0 fully saturated rings. The third-order valence-corrected chi connectivity index (χ3v) is 4.65. The zero-order chi connectivity index (χ0) is 17.6. The first-order valence-corrected chi connectivity index (χ1v) is 8.98. The maximum Gasteiger partial charge on any atom is 4.00 e. The van der Waals surface area contributed by atoms with Crippen LogP contribution in [0.25, 0.3) is 17.2 Å². The standard InChI is InChI=1S/C21H15.C5H5.2ClH.Zr/c1-3-8-16(9-4-1)18-12-7-13-20-19(14-15-21(18)20)17-10-5-2-6-11-17;1-2-4-5-3-1;;;/h1-13,15,19H;1-3H,4H2;2*1H;/q2*-1;;;+4/p-2. The Labute approximate surface area is 205 Å². The first-order valence-electron chi connectivity index (χ1n) is 8.98. The van der Waals surface area contributed by atoms with Crippen LogP contribution in [0.1, 0.15) is 29.0 Å². The van der Waals surface area contributed by atoms with Gasteiger partial charge in [-0.05, 0) is 5.56 Å². The summed E-state index contributed by atoms with van der Waals surface area (Å²) in [5.74, 6) is 0.255. The second kappa shape index (κ2) is 12.8. The van der Waals surface area contributed by atoms with Crippen molar-refractivity contribution >= 4 is 6.08 Å². The second-order valence-corrected chi connectivity index (χ2v) is 6.33. The summed E-state index contributed by atoms with van der Waals surface area (Å²) in [5, 5.41) is 0. The van der Waals surface area contributed by atoms with E-state index in [2.05, 4.69) is 103 Å². The molecule has 0 saturated carbocycles. The number of rotatable bonds is 2. The minimum atomic E-state index is 0. The minimum Gasteiger partial charge on any atom is -1.00 e. The molecule has 3 aromatic rings. The Morgan fingerprint density at radius 3 is 2.03 bits per heavy atom. The van der Waals surface area contributed by atoms with Crippen LogP contribution in [-0.4, -0.2) is 0 Å². The fourth-order valence-corrected chi connectivity index (χ4v) is 3.38. The molecule has 0 bridgehead atoms. The Kier molecular flexibility index (Phi) is 11.2. The van der Waals surface area contributed by atoms with Gasteiger partial charge in [0.1, 0.15) is 0 Å². The van der Waals surface area contributed by atoms with Crippen molar-refractivity contribution in [1.82, 2.24) is 0 Å².